The second-order valence-corrected chi connectivity index (χ2v) is 4.96. The van der Waals surface area contributed by atoms with Crippen LogP contribution in [0.3, 0.4) is 0 Å². The van der Waals surface area contributed by atoms with E-state index < -0.39 is 6.10 Å². The van der Waals surface area contributed by atoms with E-state index in [-0.39, 0.29) is 5.91 Å². The fraction of sp³-hybridized carbons (Fsp3) is 0.188. The molecule has 2 rings (SSSR count). The van der Waals surface area contributed by atoms with Gasteiger partial charge < -0.3 is 10.1 Å². The van der Waals surface area contributed by atoms with Crippen LogP contribution in [0.15, 0.2) is 48.5 Å². The van der Waals surface area contributed by atoms with E-state index in [1.165, 1.54) is 0 Å². The number of halogens is 1. The standard InChI is InChI=1S/C16H16ClNO2/c1-11-10-13(17)8-9-15(11)18-16(19)12(2)20-14-6-4-3-5-7-14/h3-10,12H,1-2H3,(H,18,19)/t12-/m0/s1. The number of carbonyl (C=O) groups is 1. The van der Waals surface area contributed by atoms with Crippen molar-refractivity contribution in [3.63, 3.8) is 0 Å². The average molecular weight is 290 g/mol. The third-order valence-corrected chi connectivity index (χ3v) is 3.11. The Bertz CT molecular complexity index is 599. The predicted molar refractivity (Wildman–Crippen MR) is 81.4 cm³/mol. The molecule has 4 heteroatoms. The van der Waals surface area contributed by atoms with Crippen LogP contribution < -0.4 is 10.1 Å². The molecule has 3 nitrogen and oxygen atoms in total. The van der Waals surface area contributed by atoms with Gasteiger partial charge in [0, 0.05) is 10.7 Å². The first-order valence-electron chi connectivity index (χ1n) is 6.35. The number of para-hydroxylation sites is 1. The van der Waals surface area contributed by atoms with Crippen LogP contribution in [-0.4, -0.2) is 12.0 Å². The molecule has 1 amide bonds. The summed E-state index contributed by atoms with van der Waals surface area (Å²) < 4.78 is 5.57. The van der Waals surface area contributed by atoms with E-state index in [0.29, 0.717) is 10.8 Å². The molecule has 20 heavy (non-hydrogen) atoms. The summed E-state index contributed by atoms with van der Waals surface area (Å²) >= 11 is 5.89. The fourth-order valence-corrected chi connectivity index (χ4v) is 1.99. The summed E-state index contributed by atoms with van der Waals surface area (Å²) in [6, 6.07) is 14.6. The molecule has 2 aromatic carbocycles. The van der Waals surface area contributed by atoms with Crippen LogP contribution in [0.25, 0.3) is 0 Å². The number of amides is 1. The molecule has 0 saturated heterocycles. The monoisotopic (exact) mass is 289 g/mol. The summed E-state index contributed by atoms with van der Waals surface area (Å²) in [6.45, 7) is 3.61. The summed E-state index contributed by atoms with van der Waals surface area (Å²) in [5.41, 5.74) is 1.65. The van der Waals surface area contributed by atoms with Gasteiger partial charge in [-0.2, -0.15) is 0 Å². The van der Waals surface area contributed by atoms with Crippen LogP contribution in [0.5, 0.6) is 5.75 Å². The quantitative estimate of drug-likeness (QED) is 0.922. The lowest BCUT2D eigenvalue weighted by molar-refractivity contribution is -0.122. The van der Waals surface area contributed by atoms with Crippen LogP contribution >= 0.6 is 11.6 Å². The molecule has 1 atom stereocenters. The van der Waals surface area contributed by atoms with Gasteiger partial charge in [0.2, 0.25) is 0 Å². The molecule has 0 radical (unpaired) electrons. The lowest BCUT2D eigenvalue weighted by Crippen LogP contribution is -2.30. The Morgan fingerprint density at radius 1 is 1.20 bits per heavy atom. The number of hydrogen-bond acceptors (Lipinski definition) is 2. The molecule has 2 aromatic rings. The SMILES string of the molecule is Cc1cc(Cl)ccc1NC(=O)[C@H](C)Oc1ccccc1. The smallest absolute Gasteiger partial charge is 0.265 e. The van der Waals surface area contributed by atoms with Crippen LogP contribution in [-0.2, 0) is 4.79 Å². The lowest BCUT2D eigenvalue weighted by atomic mass is 10.2. The molecule has 0 aliphatic rings. The highest BCUT2D eigenvalue weighted by Crippen LogP contribution is 2.20. The van der Waals surface area contributed by atoms with E-state index in [1.54, 1.807) is 25.1 Å². The first-order chi connectivity index (χ1) is 9.56. The van der Waals surface area contributed by atoms with Crippen LogP contribution in [0.4, 0.5) is 5.69 Å². The molecule has 0 fully saturated rings. The van der Waals surface area contributed by atoms with Crippen LogP contribution in [0.2, 0.25) is 5.02 Å². The van der Waals surface area contributed by atoms with Crippen molar-refractivity contribution in [1.82, 2.24) is 0 Å². The summed E-state index contributed by atoms with van der Waals surface area (Å²) in [5, 5.41) is 3.48. The van der Waals surface area contributed by atoms with Crippen molar-refractivity contribution in [2.75, 3.05) is 5.32 Å². The van der Waals surface area contributed by atoms with Gasteiger partial charge in [0.15, 0.2) is 6.10 Å². The first-order valence-corrected chi connectivity index (χ1v) is 6.73. The van der Waals surface area contributed by atoms with E-state index in [0.717, 1.165) is 11.3 Å². The van der Waals surface area contributed by atoms with Gasteiger partial charge in [-0.15, -0.1) is 0 Å². The normalized spacial score (nSPS) is 11.8. The first kappa shape index (κ1) is 14.4. The number of hydrogen-bond donors (Lipinski definition) is 1. The zero-order valence-electron chi connectivity index (χ0n) is 11.4. The molecule has 0 aromatic heterocycles. The number of rotatable bonds is 4. The molecular formula is C16H16ClNO2. The molecule has 0 saturated carbocycles. The highest BCUT2D eigenvalue weighted by molar-refractivity contribution is 6.30. The van der Waals surface area contributed by atoms with Crippen molar-refractivity contribution < 1.29 is 9.53 Å². The van der Waals surface area contributed by atoms with E-state index in [4.69, 9.17) is 16.3 Å². The summed E-state index contributed by atoms with van der Waals surface area (Å²) in [6.07, 6.45) is -0.576. The van der Waals surface area contributed by atoms with Crippen molar-refractivity contribution in [3.8, 4) is 5.75 Å². The molecule has 0 aliphatic heterocycles. The lowest BCUT2D eigenvalue weighted by Gasteiger charge is -2.15. The minimum absolute atomic E-state index is 0.195. The van der Waals surface area contributed by atoms with E-state index in [1.807, 2.05) is 37.3 Å². The molecule has 0 heterocycles. The van der Waals surface area contributed by atoms with Gasteiger partial charge in [0.05, 0.1) is 0 Å². The largest absolute Gasteiger partial charge is 0.481 e. The minimum atomic E-state index is -0.576. The highest BCUT2D eigenvalue weighted by atomic mass is 35.5. The van der Waals surface area contributed by atoms with Gasteiger partial charge >= 0.3 is 0 Å². The van der Waals surface area contributed by atoms with Crippen LogP contribution in [0.1, 0.15) is 12.5 Å². The second-order valence-electron chi connectivity index (χ2n) is 4.52. The Morgan fingerprint density at radius 3 is 2.55 bits per heavy atom. The summed E-state index contributed by atoms with van der Waals surface area (Å²) in [5.74, 6) is 0.474. The van der Waals surface area contributed by atoms with Crippen molar-refractivity contribution in [3.05, 3.63) is 59.1 Å². The molecule has 104 valence electrons. The van der Waals surface area contributed by atoms with E-state index in [2.05, 4.69) is 5.32 Å². The number of ether oxygens (including phenoxy) is 1. The van der Waals surface area contributed by atoms with Gasteiger partial charge in [0.1, 0.15) is 5.75 Å². The number of anilines is 1. The third-order valence-electron chi connectivity index (χ3n) is 2.87. The maximum atomic E-state index is 12.1. The zero-order chi connectivity index (χ0) is 14.5. The topological polar surface area (TPSA) is 38.3 Å². The van der Waals surface area contributed by atoms with E-state index in [9.17, 15) is 4.79 Å². The molecule has 0 aliphatic carbocycles. The van der Waals surface area contributed by atoms with Crippen molar-refractivity contribution in [1.29, 1.82) is 0 Å². The van der Waals surface area contributed by atoms with Gasteiger partial charge in [-0.1, -0.05) is 29.8 Å². The zero-order valence-corrected chi connectivity index (χ0v) is 12.1. The van der Waals surface area contributed by atoms with Gasteiger partial charge in [-0.25, -0.2) is 0 Å². The van der Waals surface area contributed by atoms with Gasteiger partial charge in [0.25, 0.3) is 5.91 Å². The van der Waals surface area contributed by atoms with Crippen molar-refractivity contribution in [2.45, 2.75) is 20.0 Å². The van der Waals surface area contributed by atoms with Crippen molar-refractivity contribution >= 4 is 23.2 Å². The Morgan fingerprint density at radius 2 is 1.90 bits per heavy atom. The maximum absolute atomic E-state index is 12.1. The summed E-state index contributed by atoms with van der Waals surface area (Å²) in [7, 11) is 0. The third kappa shape index (κ3) is 3.75. The Hall–Kier alpha value is -2.00. The summed E-state index contributed by atoms with van der Waals surface area (Å²) in [4.78, 5) is 12.1. The van der Waals surface area contributed by atoms with Gasteiger partial charge in [-0.3, -0.25) is 4.79 Å². The Balaban J connectivity index is 2.01. The number of benzene rings is 2. The molecule has 1 N–H and O–H groups in total. The predicted octanol–water partition coefficient (Wildman–Crippen LogP) is 4.05. The van der Waals surface area contributed by atoms with Crippen LogP contribution in [0, 0.1) is 6.92 Å². The number of nitrogens with one attached hydrogen (secondary N) is 1. The van der Waals surface area contributed by atoms with Crippen molar-refractivity contribution in [2.24, 2.45) is 0 Å². The molecular weight excluding hydrogens is 274 g/mol. The highest BCUT2D eigenvalue weighted by Gasteiger charge is 2.15. The number of aryl methyl sites for hydroxylation is 1. The molecule has 0 spiro atoms. The Kier molecular flexibility index (Phi) is 4.64. The average Bonchev–Trinajstić information content (AvgIpc) is 2.43. The minimum Gasteiger partial charge on any atom is -0.481 e. The molecule has 0 unspecified atom stereocenters. The van der Waals surface area contributed by atoms with E-state index >= 15 is 0 Å². The fourth-order valence-electron chi connectivity index (χ4n) is 1.76. The number of carbonyl (C=O) groups excluding carboxylic acids is 1. The second kappa shape index (κ2) is 6.44. The maximum Gasteiger partial charge on any atom is 0.265 e. The molecule has 0 bridgehead atoms. The van der Waals surface area contributed by atoms with Gasteiger partial charge in [-0.05, 0) is 49.7 Å². The Labute approximate surface area is 123 Å².